The number of anilines is 1. The van der Waals surface area contributed by atoms with Gasteiger partial charge in [0.1, 0.15) is 10.8 Å². The number of benzene rings is 1. The zero-order valence-corrected chi connectivity index (χ0v) is 12.5. The van der Waals surface area contributed by atoms with Crippen molar-refractivity contribution >= 4 is 17.6 Å². The Morgan fingerprint density at radius 3 is 2.62 bits per heavy atom. The summed E-state index contributed by atoms with van der Waals surface area (Å²) in [5, 5.41) is 1.49. The van der Waals surface area contributed by atoms with Crippen LogP contribution in [0.5, 0.6) is 0 Å². The van der Waals surface area contributed by atoms with E-state index >= 15 is 0 Å². The Bertz CT molecular complexity index is 587. The minimum absolute atomic E-state index is 0.544. The van der Waals surface area contributed by atoms with Gasteiger partial charge in [-0.25, -0.2) is 15.8 Å². The van der Waals surface area contributed by atoms with Crippen LogP contribution >= 0.6 is 11.8 Å². The highest BCUT2D eigenvalue weighted by Gasteiger charge is 2.17. The zero-order valence-electron chi connectivity index (χ0n) is 11.7. The molecule has 1 fully saturated rings. The Hall–Kier alpha value is -1.63. The SMILES string of the molecule is NNc1cc(SC2CCOCC2)nc(-c2ccccc2)n1. The molecule has 2 heterocycles. The second kappa shape index (κ2) is 6.89. The monoisotopic (exact) mass is 302 g/mol. The summed E-state index contributed by atoms with van der Waals surface area (Å²) in [4.78, 5) is 9.09. The fraction of sp³-hybridized carbons (Fsp3) is 0.333. The lowest BCUT2D eigenvalue weighted by Crippen LogP contribution is -2.17. The number of nitrogens with zero attached hydrogens (tertiary/aromatic N) is 2. The molecule has 0 radical (unpaired) electrons. The van der Waals surface area contributed by atoms with Crippen LogP contribution in [0.15, 0.2) is 41.4 Å². The Balaban J connectivity index is 1.86. The van der Waals surface area contributed by atoms with Gasteiger partial charge in [-0.15, -0.1) is 11.8 Å². The molecule has 2 aromatic rings. The highest BCUT2D eigenvalue weighted by molar-refractivity contribution is 7.99. The number of thioether (sulfide) groups is 1. The van der Waals surface area contributed by atoms with Crippen LogP contribution in [-0.4, -0.2) is 28.4 Å². The summed E-state index contributed by atoms with van der Waals surface area (Å²) < 4.78 is 5.40. The summed E-state index contributed by atoms with van der Waals surface area (Å²) >= 11 is 1.78. The number of aromatic nitrogens is 2. The van der Waals surface area contributed by atoms with Crippen LogP contribution in [0, 0.1) is 0 Å². The molecule has 3 rings (SSSR count). The van der Waals surface area contributed by atoms with Gasteiger partial charge in [0.05, 0.1) is 0 Å². The van der Waals surface area contributed by atoms with E-state index in [0.717, 1.165) is 36.6 Å². The van der Waals surface area contributed by atoms with Crippen molar-refractivity contribution in [2.75, 3.05) is 18.6 Å². The van der Waals surface area contributed by atoms with Gasteiger partial charge in [0.15, 0.2) is 5.82 Å². The van der Waals surface area contributed by atoms with E-state index in [-0.39, 0.29) is 0 Å². The number of hydrazine groups is 1. The smallest absolute Gasteiger partial charge is 0.162 e. The molecule has 0 aliphatic carbocycles. The normalized spacial score (nSPS) is 15.9. The molecular formula is C15H18N4OS. The van der Waals surface area contributed by atoms with Crippen LogP contribution in [0.3, 0.4) is 0 Å². The van der Waals surface area contributed by atoms with Gasteiger partial charge in [0.25, 0.3) is 0 Å². The number of hydrogen-bond donors (Lipinski definition) is 2. The molecule has 110 valence electrons. The summed E-state index contributed by atoms with van der Waals surface area (Å²) in [6, 6.07) is 11.8. The van der Waals surface area contributed by atoms with E-state index < -0.39 is 0 Å². The lowest BCUT2D eigenvalue weighted by Gasteiger charge is -2.21. The van der Waals surface area contributed by atoms with Crippen LogP contribution < -0.4 is 11.3 Å². The molecule has 1 aromatic carbocycles. The molecule has 3 N–H and O–H groups in total. The molecule has 0 atom stereocenters. The first-order valence-electron chi connectivity index (χ1n) is 7.00. The zero-order chi connectivity index (χ0) is 14.5. The van der Waals surface area contributed by atoms with Crippen LogP contribution in [0.25, 0.3) is 11.4 Å². The summed E-state index contributed by atoms with van der Waals surface area (Å²) in [5.41, 5.74) is 3.61. The molecule has 0 spiro atoms. The number of hydrogen-bond acceptors (Lipinski definition) is 6. The van der Waals surface area contributed by atoms with E-state index in [0.29, 0.717) is 16.9 Å². The molecule has 0 saturated carbocycles. The lowest BCUT2D eigenvalue weighted by molar-refractivity contribution is 0.1000. The quantitative estimate of drug-likeness (QED) is 0.514. The van der Waals surface area contributed by atoms with Gasteiger partial charge in [-0.3, -0.25) is 0 Å². The Kier molecular flexibility index (Phi) is 4.69. The molecule has 5 nitrogen and oxygen atoms in total. The second-order valence-corrected chi connectivity index (χ2v) is 6.18. The number of nitrogens with two attached hydrogens (primary N) is 1. The third kappa shape index (κ3) is 3.72. The van der Waals surface area contributed by atoms with Crippen LogP contribution in [-0.2, 0) is 4.74 Å². The Morgan fingerprint density at radius 2 is 1.90 bits per heavy atom. The molecule has 0 unspecified atom stereocenters. The first kappa shape index (κ1) is 14.3. The van der Waals surface area contributed by atoms with Crippen LogP contribution in [0.1, 0.15) is 12.8 Å². The fourth-order valence-electron chi connectivity index (χ4n) is 2.24. The summed E-state index contributed by atoms with van der Waals surface area (Å²) in [6.07, 6.45) is 2.11. The Morgan fingerprint density at radius 1 is 1.14 bits per heavy atom. The van der Waals surface area contributed by atoms with Crippen LogP contribution in [0.2, 0.25) is 0 Å². The average Bonchev–Trinajstić information content (AvgIpc) is 2.56. The average molecular weight is 302 g/mol. The van der Waals surface area contributed by atoms with Crippen molar-refractivity contribution < 1.29 is 4.74 Å². The van der Waals surface area contributed by atoms with E-state index in [2.05, 4.69) is 15.4 Å². The molecule has 0 bridgehead atoms. The van der Waals surface area contributed by atoms with Crippen molar-refractivity contribution in [2.45, 2.75) is 23.1 Å². The van der Waals surface area contributed by atoms with Crippen molar-refractivity contribution in [2.24, 2.45) is 5.84 Å². The maximum absolute atomic E-state index is 5.53. The van der Waals surface area contributed by atoms with Crippen molar-refractivity contribution in [1.82, 2.24) is 9.97 Å². The maximum Gasteiger partial charge on any atom is 0.162 e. The van der Waals surface area contributed by atoms with Gasteiger partial charge in [-0.1, -0.05) is 30.3 Å². The first-order chi connectivity index (χ1) is 10.3. The van der Waals surface area contributed by atoms with Crippen molar-refractivity contribution in [3.8, 4) is 11.4 Å². The number of nitrogens with one attached hydrogen (secondary N) is 1. The first-order valence-corrected chi connectivity index (χ1v) is 7.88. The number of rotatable bonds is 4. The van der Waals surface area contributed by atoms with Gasteiger partial charge < -0.3 is 10.2 Å². The molecule has 1 aromatic heterocycles. The van der Waals surface area contributed by atoms with E-state index in [1.807, 2.05) is 36.4 Å². The van der Waals surface area contributed by atoms with Gasteiger partial charge in [-0.2, -0.15) is 0 Å². The second-order valence-electron chi connectivity index (χ2n) is 4.85. The highest BCUT2D eigenvalue weighted by Crippen LogP contribution is 2.30. The summed E-state index contributed by atoms with van der Waals surface area (Å²) in [6.45, 7) is 1.66. The predicted octanol–water partition coefficient (Wildman–Crippen LogP) is 2.70. The van der Waals surface area contributed by atoms with Crippen molar-refractivity contribution in [1.29, 1.82) is 0 Å². The molecule has 1 aliphatic heterocycles. The number of ether oxygens (including phenoxy) is 1. The minimum atomic E-state index is 0.544. The largest absolute Gasteiger partial charge is 0.381 e. The molecule has 6 heteroatoms. The Labute approximate surface area is 128 Å². The van der Waals surface area contributed by atoms with Gasteiger partial charge in [-0.05, 0) is 12.8 Å². The van der Waals surface area contributed by atoms with E-state index in [9.17, 15) is 0 Å². The number of nitrogen functional groups attached to an aromatic ring is 1. The topological polar surface area (TPSA) is 73.1 Å². The molecule has 1 saturated heterocycles. The summed E-state index contributed by atoms with van der Waals surface area (Å²) in [7, 11) is 0. The van der Waals surface area contributed by atoms with Crippen LogP contribution in [0.4, 0.5) is 5.82 Å². The molecular weight excluding hydrogens is 284 g/mol. The van der Waals surface area contributed by atoms with Crippen molar-refractivity contribution in [3.63, 3.8) is 0 Å². The predicted molar refractivity (Wildman–Crippen MR) is 85.0 cm³/mol. The lowest BCUT2D eigenvalue weighted by atomic mass is 10.2. The fourth-order valence-corrected chi connectivity index (χ4v) is 3.33. The van der Waals surface area contributed by atoms with Gasteiger partial charge in [0, 0.05) is 30.1 Å². The third-order valence-electron chi connectivity index (χ3n) is 3.34. The van der Waals surface area contributed by atoms with E-state index in [1.165, 1.54) is 0 Å². The van der Waals surface area contributed by atoms with Gasteiger partial charge in [0.2, 0.25) is 0 Å². The van der Waals surface area contributed by atoms with Gasteiger partial charge >= 0.3 is 0 Å². The standard InChI is InChI=1S/C15H18N4OS/c16-19-13-10-14(21-12-6-8-20-9-7-12)18-15(17-13)11-4-2-1-3-5-11/h1-5,10,12H,6-9,16H2,(H,17,18,19). The highest BCUT2D eigenvalue weighted by atomic mass is 32.2. The van der Waals surface area contributed by atoms with Crippen molar-refractivity contribution in [3.05, 3.63) is 36.4 Å². The minimum Gasteiger partial charge on any atom is -0.381 e. The molecule has 1 aliphatic rings. The van der Waals surface area contributed by atoms with E-state index in [1.54, 1.807) is 11.8 Å². The maximum atomic E-state index is 5.53. The van der Waals surface area contributed by atoms with E-state index in [4.69, 9.17) is 10.6 Å². The summed E-state index contributed by atoms with van der Waals surface area (Å²) in [5.74, 6) is 6.86. The molecule has 21 heavy (non-hydrogen) atoms. The third-order valence-corrected chi connectivity index (χ3v) is 4.59. The molecule has 0 amide bonds.